The molecule has 3 aromatic rings. The number of amides is 2. The second-order valence-corrected chi connectivity index (χ2v) is 9.02. The standard InChI is InChI=1S/C26H31N5O3/c1-18(2)26(33)31-19(3)15-30(17-24-27-11-5-12-28-24)16-22(31)25(32)29-14-20-7-9-21(10-8-20)23-6-4-13-34-23/h4-13,18-19,22H,14-17H2,1-3H3,(H,29,32). The molecule has 2 atom stereocenters. The van der Waals surface area contributed by atoms with Gasteiger partial charge in [0.15, 0.2) is 0 Å². The molecule has 4 rings (SSSR count). The Balaban J connectivity index is 1.45. The van der Waals surface area contributed by atoms with Crippen LogP contribution in [0.2, 0.25) is 0 Å². The fourth-order valence-corrected chi connectivity index (χ4v) is 4.33. The Bertz CT molecular complexity index is 1080. The van der Waals surface area contributed by atoms with Crippen molar-refractivity contribution in [3.63, 3.8) is 0 Å². The van der Waals surface area contributed by atoms with Crippen molar-refractivity contribution in [3.05, 3.63) is 72.5 Å². The van der Waals surface area contributed by atoms with Crippen LogP contribution < -0.4 is 5.32 Å². The van der Waals surface area contributed by atoms with Gasteiger partial charge in [-0.1, -0.05) is 38.1 Å². The first-order valence-electron chi connectivity index (χ1n) is 11.6. The van der Waals surface area contributed by atoms with Gasteiger partial charge in [-0.2, -0.15) is 0 Å². The largest absolute Gasteiger partial charge is 0.464 e. The van der Waals surface area contributed by atoms with E-state index in [0.717, 1.165) is 16.9 Å². The van der Waals surface area contributed by atoms with Gasteiger partial charge in [-0.25, -0.2) is 9.97 Å². The van der Waals surface area contributed by atoms with Gasteiger partial charge in [0.05, 0.1) is 12.8 Å². The Hall–Kier alpha value is -3.52. The van der Waals surface area contributed by atoms with Crippen LogP contribution in [0.3, 0.4) is 0 Å². The lowest BCUT2D eigenvalue weighted by molar-refractivity contribution is -0.150. The van der Waals surface area contributed by atoms with Crippen molar-refractivity contribution >= 4 is 11.8 Å². The smallest absolute Gasteiger partial charge is 0.244 e. The highest BCUT2D eigenvalue weighted by Crippen LogP contribution is 2.22. The molecule has 1 aromatic carbocycles. The lowest BCUT2D eigenvalue weighted by Crippen LogP contribution is -2.64. The molecule has 1 aliphatic heterocycles. The molecule has 0 saturated carbocycles. The Morgan fingerprint density at radius 1 is 1.09 bits per heavy atom. The highest BCUT2D eigenvalue weighted by molar-refractivity contribution is 5.89. The average Bonchev–Trinajstić information content (AvgIpc) is 3.38. The summed E-state index contributed by atoms with van der Waals surface area (Å²) < 4.78 is 5.43. The summed E-state index contributed by atoms with van der Waals surface area (Å²) in [6, 6.07) is 12.7. The minimum absolute atomic E-state index is 0.00828. The van der Waals surface area contributed by atoms with Gasteiger partial charge in [-0.05, 0) is 30.7 Å². The van der Waals surface area contributed by atoms with Crippen molar-refractivity contribution in [3.8, 4) is 11.3 Å². The lowest BCUT2D eigenvalue weighted by Gasteiger charge is -2.45. The maximum atomic E-state index is 13.3. The lowest BCUT2D eigenvalue weighted by atomic mass is 10.0. The van der Waals surface area contributed by atoms with Gasteiger partial charge in [-0.15, -0.1) is 0 Å². The third-order valence-electron chi connectivity index (χ3n) is 6.03. The summed E-state index contributed by atoms with van der Waals surface area (Å²) in [7, 11) is 0. The van der Waals surface area contributed by atoms with Crippen LogP contribution in [-0.4, -0.2) is 56.8 Å². The minimum Gasteiger partial charge on any atom is -0.464 e. The quantitative estimate of drug-likeness (QED) is 0.581. The number of aromatic nitrogens is 2. The van der Waals surface area contributed by atoms with Crippen molar-refractivity contribution in [2.24, 2.45) is 5.92 Å². The summed E-state index contributed by atoms with van der Waals surface area (Å²) in [6.45, 7) is 7.75. The number of hydrogen-bond donors (Lipinski definition) is 1. The zero-order chi connectivity index (χ0) is 24.1. The van der Waals surface area contributed by atoms with Gasteiger partial charge in [0.25, 0.3) is 0 Å². The van der Waals surface area contributed by atoms with Gasteiger partial charge >= 0.3 is 0 Å². The monoisotopic (exact) mass is 461 g/mol. The number of nitrogens with zero attached hydrogens (tertiary/aromatic N) is 4. The number of piperazine rings is 1. The normalized spacial score (nSPS) is 18.8. The number of furan rings is 1. The molecule has 34 heavy (non-hydrogen) atoms. The van der Waals surface area contributed by atoms with E-state index in [2.05, 4.69) is 20.2 Å². The molecule has 8 heteroatoms. The summed E-state index contributed by atoms with van der Waals surface area (Å²) in [5.41, 5.74) is 1.96. The Labute approximate surface area is 200 Å². The summed E-state index contributed by atoms with van der Waals surface area (Å²) in [4.78, 5) is 38.9. The van der Waals surface area contributed by atoms with E-state index in [0.29, 0.717) is 32.0 Å². The second kappa shape index (κ2) is 10.6. The summed E-state index contributed by atoms with van der Waals surface area (Å²) in [5, 5.41) is 3.04. The molecule has 8 nitrogen and oxygen atoms in total. The van der Waals surface area contributed by atoms with Crippen LogP contribution in [0.4, 0.5) is 0 Å². The first-order valence-corrected chi connectivity index (χ1v) is 11.6. The van der Waals surface area contributed by atoms with E-state index in [-0.39, 0.29) is 23.8 Å². The third kappa shape index (κ3) is 5.51. The molecule has 3 heterocycles. The maximum Gasteiger partial charge on any atom is 0.244 e. The van der Waals surface area contributed by atoms with Gasteiger partial charge in [0.2, 0.25) is 11.8 Å². The van der Waals surface area contributed by atoms with Crippen LogP contribution >= 0.6 is 0 Å². The molecule has 1 aliphatic rings. The second-order valence-electron chi connectivity index (χ2n) is 9.02. The summed E-state index contributed by atoms with van der Waals surface area (Å²) >= 11 is 0. The third-order valence-corrected chi connectivity index (χ3v) is 6.03. The first kappa shape index (κ1) is 23.6. The van der Waals surface area contributed by atoms with E-state index in [1.807, 2.05) is 57.2 Å². The molecular weight excluding hydrogens is 430 g/mol. The maximum absolute atomic E-state index is 13.3. The van der Waals surface area contributed by atoms with Crippen LogP contribution in [-0.2, 0) is 22.7 Å². The van der Waals surface area contributed by atoms with E-state index in [4.69, 9.17) is 4.42 Å². The minimum atomic E-state index is -0.579. The van der Waals surface area contributed by atoms with Crippen LogP contribution in [0, 0.1) is 5.92 Å². The van der Waals surface area contributed by atoms with E-state index in [1.165, 1.54) is 0 Å². The molecule has 2 aromatic heterocycles. The van der Waals surface area contributed by atoms with Crippen molar-refractivity contribution in [2.45, 2.75) is 45.9 Å². The molecule has 178 valence electrons. The fourth-order valence-electron chi connectivity index (χ4n) is 4.33. The molecule has 2 unspecified atom stereocenters. The zero-order valence-electron chi connectivity index (χ0n) is 19.8. The van der Waals surface area contributed by atoms with E-state index in [9.17, 15) is 9.59 Å². The molecule has 1 N–H and O–H groups in total. The Morgan fingerprint density at radius 2 is 1.82 bits per heavy atom. The Kier molecular flexibility index (Phi) is 7.37. The van der Waals surface area contributed by atoms with Crippen LogP contribution in [0.5, 0.6) is 0 Å². The van der Waals surface area contributed by atoms with E-state index in [1.54, 1.807) is 29.6 Å². The first-order chi connectivity index (χ1) is 16.4. The number of hydrogen-bond acceptors (Lipinski definition) is 6. The summed E-state index contributed by atoms with van der Waals surface area (Å²) in [6.07, 6.45) is 5.07. The average molecular weight is 462 g/mol. The van der Waals surface area contributed by atoms with Crippen molar-refractivity contribution in [2.75, 3.05) is 13.1 Å². The van der Waals surface area contributed by atoms with Crippen molar-refractivity contribution in [1.29, 1.82) is 0 Å². The molecule has 0 spiro atoms. The zero-order valence-corrected chi connectivity index (χ0v) is 19.8. The van der Waals surface area contributed by atoms with Crippen molar-refractivity contribution in [1.82, 2.24) is 25.1 Å². The van der Waals surface area contributed by atoms with E-state index >= 15 is 0 Å². The number of carbonyl (C=O) groups excluding carboxylic acids is 2. The molecule has 1 saturated heterocycles. The van der Waals surface area contributed by atoms with Crippen LogP contribution in [0.1, 0.15) is 32.2 Å². The SMILES string of the molecule is CC(C)C(=O)N1C(C)CN(Cc2ncccn2)CC1C(=O)NCc1ccc(-c2ccco2)cc1. The molecular formula is C26H31N5O3. The molecule has 2 amide bonds. The van der Waals surface area contributed by atoms with Gasteiger partial charge in [0.1, 0.15) is 17.6 Å². The van der Waals surface area contributed by atoms with E-state index < -0.39 is 6.04 Å². The summed E-state index contributed by atoms with van der Waals surface area (Å²) in [5.74, 6) is 1.16. The highest BCUT2D eigenvalue weighted by atomic mass is 16.3. The van der Waals surface area contributed by atoms with Crippen molar-refractivity contribution < 1.29 is 14.0 Å². The highest BCUT2D eigenvalue weighted by Gasteiger charge is 2.40. The molecule has 0 radical (unpaired) electrons. The van der Waals surface area contributed by atoms with Gasteiger partial charge in [0, 0.05) is 49.6 Å². The number of rotatable bonds is 7. The molecule has 0 aliphatic carbocycles. The van der Waals surface area contributed by atoms with Gasteiger partial charge < -0.3 is 14.6 Å². The molecule has 1 fully saturated rings. The number of benzene rings is 1. The number of carbonyl (C=O) groups is 2. The fraction of sp³-hybridized carbons (Fsp3) is 0.385. The predicted molar refractivity (Wildman–Crippen MR) is 128 cm³/mol. The number of nitrogens with one attached hydrogen (secondary N) is 1. The predicted octanol–water partition coefficient (Wildman–Crippen LogP) is 3.11. The molecule has 0 bridgehead atoms. The Morgan fingerprint density at radius 3 is 2.47 bits per heavy atom. The van der Waals surface area contributed by atoms with Crippen LogP contribution in [0.15, 0.2) is 65.5 Å². The topological polar surface area (TPSA) is 91.6 Å². The van der Waals surface area contributed by atoms with Gasteiger partial charge in [-0.3, -0.25) is 14.5 Å². The van der Waals surface area contributed by atoms with Crippen LogP contribution in [0.25, 0.3) is 11.3 Å².